The Morgan fingerprint density at radius 3 is 1.63 bits per heavy atom. The number of anilines is 3. The number of fused-ring (bicyclic) bond motifs is 20. The fraction of sp³-hybridized carbons (Fsp3) is 0.0130. The van der Waals surface area contributed by atoms with Crippen LogP contribution < -0.4 is 4.90 Å². The molecule has 0 unspecified atom stereocenters. The highest BCUT2D eigenvalue weighted by molar-refractivity contribution is 7.25. The van der Waals surface area contributed by atoms with Crippen molar-refractivity contribution in [1.82, 2.24) is 9.13 Å². The summed E-state index contributed by atoms with van der Waals surface area (Å²) in [4.78, 5) is 2.56. The Kier molecular flexibility index (Phi) is 9.31. The van der Waals surface area contributed by atoms with E-state index in [9.17, 15) is 0 Å². The van der Waals surface area contributed by atoms with E-state index >= 15 is 0 Å². The first-order valence-electron chi connectivity index (χ1n) is 28.0. The minimum absolute atomic E-state index is 0.498. The molecule has 18 rings (SSSR count). The molecule has 0 amide bonds. The summed E-state index contributed by atoms with van der Waals surface area (Å²) < 4.78 is 7.56. The number of rotatable bonds is 6. The summed E-state index contributed by atoms with van der Waals surface area (Å²) in [6.07, 6.45) is 0. The van der Waals surface area contributed by atoms with E-state index in [1.165, 1.54) is 125 Å². The van der Waals surface area contributed by atoms with Gasteiger partial charge in [-0.25, -0.2) is 0 Å². The summed E-state index contributed by atoms with van der Waals surface area (Å²) in [7, 11) is 0. The second-order valence-corrected chi connectivity index (χ2v) is 23.0. The van der Waals surface area contributed by atoms with E-state index in [4.69, 9.17) is 0 Å². The van der Waals surface area contributed by atoms with Crippen LogP contribution in [0, 0.1) is 0 Å². The molecule has 0 N–H and O–H groups in total. The van der Waals surface area contributed by atoms with Gasteiger partial charge >= 0.3 is 0 Å². The molecule has 0 atom stereocenters. The van der Waals surface area contributed by atoms with E-state index in [0.717, 1.165) is 34.0 Å². The van der Waals surface area contributed by atoms with Gasteiger partial charge in [0.05, 0.1) is 38.9 Å². The van der Waals surface area contributed by atoms with Crippen molar-refractivity contribution in [3.05, 3.63) is 307 Å². The molecule has 0 bridgehead atoms. The van der Waals surface area contributed by atoms with Crippen molar-refractivity contribution >= 4 is 103 Å². The van der Waals surface area contributed by atoms with E-state index in [2.05, 4.69) is 299 Å². The standard InChI is InChI=1S/C77H47N3S/c1-2-20-51(21-3-1)79-69-32-14-9-25-57(69)61-46-52(38-41-70(61)79)78(72-34-17-31-67-76(72)60-27-8-13-30-66(60)77(67)64-28-11-6-23-55(64)56-24-7-12-29-65(56)77)53-39-42-71-62(47-53)58-40-36-50(49-37-43-75-63(44-49)59-26-10-15-35-74(59)81-75)45-73(58)80(71)68-33-16-19-48-18-4-5-22-54(48)68/h1-47H. The first-order valence-corrected chi connectivity index (χ1v) is 28.8. The van der Waals surface area contributed by atoms with Crippen molar-refractivity contribution in [1.29, 1.82) is 0 Å². The largest absolute Gasteiger partial charge is 0.310 e. The molecule has 0 saturated heterocycles. The van der Waals surface area contributed by atoms with Crippen molar-refractivity contribution < 1.29 is 0 Å². The van der Waals surface area contributed by atoms with E-state index < -0.39 is 5.41 Å². The first kappa shape index (κ1) is 44.7. The van der Waals surface area contributed by atoms with Crippen LogP contribution in [0.25, 0.3) is 119 Å². The molecule has 0 saturated carbocycles. The zero-order chi connectivity index (χ0) is 52.9. The van der Waals surface area contributed by atoms with Gasteiger partial charge in [-0.15, -0.1) is 11.3 Å². The Balaban J connectivity index is 0.918. The van der Waals surface area contributed by atoms with Crippen LogP contribution in [0.1, 0.15) is 22.3 Å². The van der Waals surface area contributed by atoms with Gasteiger partial charge in [0.1, 0.15) is 0 Å². The Bertz CT molecular complexity index is 5270. The van der Waals surface area contributed by atoms with Crippen molar-refractivity contribution in [3.63, 3.8) is 0 Å². The second-order valence-electron chi connectivity index (χ2n) is 21.9. The molecule has 4 heteroatoms. The van der Waals surface area contributed by atoms with Crippen LogP contribution in [0.3, 0.4) is 0 Å². The second kappa shape index (κ2) is 16.9. The van der Waals surface area contributed by atoms with E-state index in [0.29, 0.717) is 0 Å². The molecule has 3 nitrogen and oxygen atoms in total. The van der Waals surface area contributed by atoms with Crippen molar-refractivity contribution in [2.45, 2.75) is 5.41 Å². The number of benzene rings is 13. The average Bonchev–Trinajstić information content (AvgIpc) is 2.92. The SMILES string of the molecule is c1ccc(-n2c3ccccc3c3cc(N(c4ccc5c(c4)c4ccc(-c6ccc7sc8ccccc8c7c6)cc4n5-c4cccc5ccccc45)c4cccc5c4-c4ccccc4C54c5ccccc5-c5ccccc54)ccc32)cc1. The smallest absolute Gasteiger partial charge is 0.0726 e. The maximum atomic E-state index is 2.56. The normalized spacial score (nSPS) is 13.0. The zero-order valence-electron chi connectivity index (χ0n) is 43.9. The molecule has 2 aliphatic carbocycles. The monoisotopic (exact) mass is 1050 g/mol. The molecule has 13 aromatic carbocycles. The maximum absolute atomic E-state index is 2.56. The highest BCUT2D eigenvalue weighted by Crippen LogP contribution is 2.65. The van der Waals surface area contributed by atoms with Crippen LogP contribution in [0.15, 0.2) is 285 Å². The van der Waals surface area contributed by atoms with E-state index in [1.807, 2.05) is 11.3 Å². The lowest BCUT2D eigenvalue weighted by Crippen LogP contribution is -2.26. The summed E-state index contributed by atoms with van der Waals surface area (Å²) in [5.41, 5.74) is 22.6. The third-order valence-corrected chi connectivity index (χ3v) is 19.0. The molecule has 0 radical (unpaired) electrons. The summed E-state index contributed by atoms with van der Waals surface area (Å²) >= 11 is 1.87. The number of hydrogen-bond donors (Lipinski definition) is 0. The summed E-state index contributed by atoms with van der Waals surface area (Å²) in [6.45, 7) is 0. The number of nitrogens with zero attached hydrogens (tertiary/aromatic N) is 3. The van der Waals surface area contributed by atoms with Gasteiger partial charge in [-0.1, -0.05) is 194 Å². The fourth-order valence-electron chi connectivity index (χ4n) is 14.6. The Labute approximate surface area is 471 Å². The molecule has 1 spiro atoms. The molecule has 0 fully saturated rings. The molecule has 0 aliphatic heterocycles. The van der Waals surface area contributed by atoms with Gasteiger partial charge in [0.15, 0.2) is 0 Å². The molecule has 2 aliphatic rings. The van der Waals surface area contributed by atoms with Gasteiger partial charge in [-0.05, 0) is 146 Å². The van der Waals surface area contributed by atoms with Gasteiger partial charge in [0, 0.05) is 69.7 Å². The number of hydrogen-bond acceptors (Lipinski definition) is 2. The lowest BCUT2D eigenvalue weighted by molar-refractivity contribution is 0.794. The summed E-state index contributed by atoms with van der Waals surface area (Å²) in [5, 5.41) is 9.86. The molecule has 3 aromatic heterocycles. The Hall–Kier alpha value is -10.3. The minimum Gasteiger partial charge on any atom is -0.310 e. The van der Waals surface area contributed by atoms with Crippen molar-refractivity contribution in [3.8, 4) is 44.8 Å². The van der Waals surface area contributed by atoms with Crippen molar-refractivity contribution in [2.24, 2.45) is 0 Å². The third-order valence-electron chi connectivity index (χ3n) is 17.9. The van der Waals surface area contributed by atoms with Gasteiger partial charge in [0.25, 0.3) is 0 Å². The van der Waals surface area contributed by atoms with Crippen molar-refractivity contribution in [2.75, 3.05) is 4.90 Å². The highest BCUT2D eigenvalue weighted by atomic mass is 32.1. The molecule has 16 aromatic rings. The van der Waals surface area contributed by atoms with Gasteiger partial charge < -0.3 is 14.0 Å². The van der Waals surface area contributed by atoms with Gasteiger partial charge in [0.2, 0.25) is 0 Å². The predicted molar refractivity (Wildman–Crippen MR) is 342 cm³/mol. The topological polar surface area (TPSA) is 13.1 Å². The number of para-hydroxylation sites is 2. The molecule has 376 valence electrons. The Morgan fingerprint density at radius 2 is 0.852 bits per heavy atom. The first-order chi connectivity index (χ1) is 40.2. The lowest BCUT2D eigenvalue weighted by atomic mass is 9.70. The van der Waals surface area contributed by atoms with Crippen LogP contribution in [0.4, 0.5) is 17.1 Å². The highest BCUT2D eigenvalue weighted by Gasteiger charge is 2.52. The van der Waals surface area contributed by atoms with Crippen LogP contribution in [0.5, 0.6) is 0 Å². The molecule has 81 heavy (non-hydrogen) atoms. The number of aromatic nitrogens is 2. The predicted octanol–water partition coefficient (Wildman–Crippen LogP) is 20.9. The zero-order valence-corrected chi connectivity index (χ0v) is 44.7. The lowest BCUT2D eigenvalue weighted by Gasteiger charge is -2.32. The summed E-state index contributed by atoms with van der Waals surface area (Å²) in [6, 6.07) is 107. The average molecular weight is 1050 g/mol. The molecule has 3 heterocycles. The third kappa shape index (κ3) is 6.17. The summed E-state index contributed by atoms with van der Waals surface area (Å²) in [5.74, 6) is 0. The van der Waals surface area contributed by atoms with Crippen LogP contribution in [-0.4, -0.2) is 9.13 Å². The van der Waals surface area contributed by atoms with Gasteiger partial charge in [-0.2, -0.15) is 0 Å². The van der Waals surface area contributed by atoms with E-state index in [1.54, 1.807) is 0 Å². The molecular weight excluding hydrogens is 999 g/mol. The van der Waals surface area contributed by atoms with Crippen LogP contribution in [-0.2, 0) is 5.41 Å². The Morgan fingerprint density at radius 1 is 0.309 bits per heavy atom. The number of thiophene rings is 1. The van der Waals surface area contributed by atoms with Crippen LogP contribution in [0.2, 0.25) is 0 Å². The fourth-order valence-corrected chi connectivity index (χ4v) is 15.7. The van der Waals surface area contributed by atoms with E-state index in [-0.39, 0.29) is 0 Å². The molecular formula is C77H47N3S. The minimum atomic E-state index is -0.498. The maximum Gasteiger partial charge on any atom is 0.0726 e. The quantitative estimate of drug-likeness (QED) is 0.162. The van der Waals surface area contributed by atoms with Gasteiger partial charge in [-0.3, -0.25) is 0 Å². The van der Waals surface area contributed by atoms with Crippen LogP contribution >= 0.6 is 11.3 Å².